The first-order valence-corrected chi connectivity index (χ1v) is 8.97. The van der Waals surface area contributed by atoms with Crippen LogP contribution >= 0.6 is 11.3 Å². The standard InChI is InChI=1S/C16H25N5OS/c1-4-12-9-13(22-21-12)10-20-16(17-6-3)18-8-7-15-19-11-14(5-2)23-15/h9,11H,4-8,10H2,1-3H3,(H2,17,18,20). The Labute approximate surface area is 141 Å². The number of hydrogen-bond acceptors (Lipinski definition) is 5. The predicted octanol–water partition coefficient (Wildman–Crippen LogP) is 2.55. The van der Waals surface area contributed by atoms with Crippen LogP contribution in [0.1, 0.15) is 42.1 Å². The van der Waals surface area contributed by atoms with E-state index in [1.165, 1.54) is 4.88 Å². The number of guanidine groups is 1. The zero-order valence-corrected chi connectivity index (χ0v) is 14.9. The van der Waals surface area contributed by atoms with E-state index in [2.05, 4.69) is 46.5 Å². The summed E-state index contributed by atoms with van der Waals surface area (Å²) in [5, 5.41) is 11.7. The quantitative estimate of drug-likeness (QED) is 0.573. The second-order valence-electron chi connectivity index (χ2n) is 5.08. The van der Waals surface area contributed by atoms with Crippen molar-refractivity contribution < 1.29 is 4.52 Å². The molecule has 0 fully saturated rings. The van der Waals surface area contributed by atoms with E-state index in [0.717, 1.165) is 54.8 Å². The van der Waals surface area contributed by atoms with Gasteiger partial charge in [0.15, 0.2) is 11.7 Å². The van der Waals surface area contributed by atoms with Gasteiger partial charge in [-0.3, -0.25) is 0 Å². The van der Waals surface area contributed by atoms with E-state index >= 15 is 0 Å². The maximum atomic E-state index is 5.25. The lowest BCUT2D eigenvalue weighted by atomic mass is 10.3. The molecule has 0 amide bonds. The van der Waals surface area contributed by atoms with Crippen molar-refractivity contribution in [2.75, 3.05) is 13.1 Å². The predicted molar refractivity (Wildman–Crippen MR) is 93.9 cm³/mol. The Morgan fingerprint density at radius 3 is 2.78 bits per heavy atom. The number of aryl methyl sites for hydroxylation is 2. The molecule has 2 aromatic heterocycles. The Morgan fingerprint density at radius 1 is 1.26 bits per heavy atom. The highest BCUT2D eigenvalue weighted by atomic mass is 32.1. The number of rotatable bonds is 8. The van der Waals surface area contributed by atoms with Crippen LogP contribution in [-0.4, -0.2) is 29.2 Å². The van der Waals surface area contributed by atoms with Gasteiger partial charge in [0.05, 0.1) is 10.7 Å². The van der Waals surface area contributed by atoms with Gasteiger partial charge in [0.25, 0.3) is 0 Å². The van der Waals surface area contributed by atoms with Crippen molar-refractivity contribution in [1.82, 2.24) is 20.8 Å². The monoisotopic (exact) mass is 335 g/mol. The van der Waals surface area contributed by atoms with Gasteiger partial charge in [0, 0.05) is 36.7 Å². The summed E-state index contributed by atoms with van der Waals surface area (Å²) in [4.78, 5) is 10.3. The highest BCUT2D eigenvalue weighted by Crippen LogP contribution is 2.13. The molecule has 0 radical (unpaired) electrons. The third-order valence-corrected chi connectivity index (χ3v) is 4.49. The van der Waals surface area contributed by atoms with Crippen LogP contribution < -0.4 is 10.6 Å². The van der Waals surface area contributed by atoms with Crippen LogP contribution in [0.15, 0.2) is 21.8 Å². The van der Waals surface area contributed by atoms with Crippen LogP contribution in [0.3, 0.4) is 0 Å². The number of nitrogens with one attached hydrogen (secondary N) is 2. The Bertz CT molecular complexity index is 620. The first kappa shape index (κ1) is 17.5. The fraction of sp³-hybridized carbons (Fsp3) is 0.562. The fourth-order valence-corrected chi connectivity index (χ4v) is 2.87. The summed E-state index contributed by atoms with van der Waals surface area (Å²) in [6, 6.07) is 1.95. The van der Waals surface area contributed by atoms with Crippen molar-refractivity contribution in [3.05, 3.63) is 33.6 Å². The minimum absolute atomic E-state index is 0.486. The van der Waals surface area contributed by atoms with Gasteiger partial charge < -0.3 is 15.2 Å². The summed E-state index contributed by atoms with van der Waals surface area (Å²) in [5.74, 6) is 1.57. The number of hydrogen-bond donors (Lipinski definition) is 2. The summed E-state index contributed by atoms with van der Waals surface area (Å²) in [7, 11) is 0. The van der Waals surface area contributed by atoms with Crippen molar-refractivity contribution in [2.45, 2.75) is 46.6 Å². The molecule has 2 aromatic rings. The molecule has 0 atom stereocenters. The molecule has 0 aliphatic heterocycles. The van der Waals surface area contributed by atoms with Gasteiger partial charge in [-0.1, -0.05) is 19.0 Å². The third-order valence-electron chi connectivity index (χ3n) is 3.29. The summed E-state index contributed by atoms with van der Waals surface area (Å²) in [6.45, 7) is 8.37. The molecular formula is C16H25N5OS. The zero-order chi connectivity index (χ0) is 16.5. The topological polar surface area (TPSA) is 75.3 Å². The van der Waals surface area contributed by atoms with Crippen LogP contribution in [0.25, 0.3) is 0 Å². The maximum absolute atomic E-state index is 5.25. The van der Waals surface area contributed by atoms with Gasteiger partial charge in [-0.25, -0.2) is 9.98 Å². The molecule has 0 saturated carbocycles. The van der Waals surface area contributed by atoms with E-state index in [4.69, 9.17) is 4.52 Å². The first-order chi connectivity index (χ1) is 11.2. The summed E-state index contributed by atoms with van der Waals surface area (Å²) >= 11 is 1.78. The van der Waals surface area contributed by atoms with E-state index in [1.54, 1.807) is 11.3 Å². The second-order valence-corrected chi connectivity index (χ2v) is 6.28. The van der Waals surface area contributed by atoms with Crippen LogP contribution in [0.2, 0.25) is 0 Å². The third kappa shape index (κ3) is 5.67. The molecule has 2 rings (SSSR count). The average molecular weight is 335 g/mol. The molecule has 2 heterocycles. The van der Waals surface area contributed by atoms with Crippen molar-refractivity contribution >= 4 is 17.3 Å². The molecular weight excluding hydrogens is 310 g/mol. The molecule has 6 nitrogen and oxygen atoms in total. The van der Waals surface area contributed by atoms with E-state index in [0.29, 0.717) is 6.54 Å². The Morgan fingerprint density at radius 2 is 2.13 bits per heavy atom. The zero-order valence-electron chi connectivity index (χ0n) is 14.1. The minimum Gasteiger partial charge on any atom is -0.359 e. The minimum atomic E-state index is 0.486. The van der Waals surface area contributed by atoms with Gasteiger partial charge in [-0.2, -0.15) is 0 Å². The molecule has 0 aliphatic carbocycles. The fourth-order valence-electron chi connectivity index (χ4n) is 2.01. The van der Waals surface area contributed by atoms with Crippen molar-refractivity contribution in [1.29, 1.82) is 0 Å². The molecule has 23 heavy (non-hydrogen) atoms. The van der Waals surface area contributed by atoms with Gasteiger partial charge in [0.1, 0.15) is 6.54 Å². The van der Waals surface area contributed by atoms with E-state index in [-0.39, 0.29) is 0 Å². The molecule has 7 heteroatoms. The van der Waals surface area contributed by atoms with Crippen LogP contribution in [0, 0.1) is 0 Å². The SMILES string of the molecule is CCNC(=NCc1cc(CC)no1)NCCc1ncc(CC)s1. The van der Waals surface area contributed by atoms with E-state index in [9.17, 15) is 0 Å². The number of aromatic nitrogens is 2. The van der Waals surface area contributed by atoms with Crippen LogP contribution in [-0.2, 0) is 25.8 Å². The smallest absolute Gasteiger partial charge is 0.191 e. The molecule has 0 aliphatic rings. The van der Waals surface area contributed by atoms with Crippen molar-refractivity contribution in [3.8, 4) is 0 Å². The van der Waals surface area contributed by atoms with E-state index < -0.39 is 0 Å². The highest BCUT2D eigenvalue weighted by Gasteiger charge is 2.04. The van der Waals surface area contributed by atoms with Crippen molar-refractivity contribution in [2.24, 2.45) is 4.99 Å². The lowest BCUT2D eigenvalue weighted by Crippen LogP contribution is -2.38. The van der Waals surface area contributed by atoms with Crippen LogP contribution in [0.4, 0.5) is 0 Å². The summed E-state index contributed by atoms with van der Waals surface area (Å²) < 4.78 is 5.25. The summed E-state index contributed by atoms with van der Waals surface area (Å²) in [5.41, 5.74) is 0.962. The van der Waals surface area contributed by atoms with E-state index in [1.807, 2.05) is 12.3 Å². The number of aliphatic imine (C=N–C) groups is 1. The Kier molecular flexibility index (Phi) is 7.06. The van der Waals surface area contributed by atoms with Gasteiger partial charge in [-0.05, 0) is 19.8 Å². The molecule has 126 valence electrons. The summed E-state index contributed by atoms with van der Waals surface area (Å²) in [6.07, 6.45) is 4.79. The number of nitrogens with zero attached hydrogens (tertiary/aromatic N) is 3. The lowest BCUT2D eigenvalue weighted by Gasteiger charge is -2.09. The Balaban J connectivity index is 1.83. The molecule has 0 saturated heterocycles. The molecule has 0 unspecified atom stereocenters. The first-order valence-electron chi connectivity index (χ1n) is 8.15. The van der Waals surface area contributed by atoms with Gasteiger partial charge in [-0.15, -0.1) is 11.3 Å². The number of thiazole rings is 1. The largest absolute Gasteiger partial charge is 0.359 e. The van der Waals surface area contributed by atoms with Crippen LogP contribution in [0.5, 0.6) is 0 Å². The van der Waals surface area contributed by atoms with Gasteiger partial charge >= 0.3 is 0 Å². The Hall–Kier alpha value is -1.89. The van der Waals surface area contributed by atoms with Crippen molar-refractivity contribution in [3.63, 3.8) is 0 Å². The second kappa shape index (κ2) is 9.29. The molecule has 0 aromatic carbocycles. The molecule has 0 bridgehead atoms. The highest BCUT2D eigenvalue weighted by molar-refractivity contribution is 7.11. The average Bonchev–Trinajstić information content (AvgIpc) is 3.21. The molecule has 0 spiro atoms. The molecule has 2 N–H and O–H groups in total. The normalized spacial score (nSPS) is 11.7. The van der Waals surface area contributed by atoms with Gasteiger partial charge in [0.2, 0.25) is 0 Å². The lowest BCUT2D eigenvalue weighted by molar-refractivity contribution is 0.379. The maximum Gasteiger partial charge on any atom is 0.191 e.